The summed E-state index contributed by atoms with van der Waals surface area (Å²) in [6.07, 6.45) is 4.11. The number of carbonyl (C=O) groups excluding carboxylic acids is 1. The first-order chi connectivity index (χ1) is 11.1. The van der Waals surface area contributed by atoms with Crippen LogP contribution < -0.4 is 16.3 Å². The van der Waals surface area contributed by atoms with Crippen molar-refractivity contribution in [3.05, 3.63) is 52.0 Å². The monoisotopic (exact) mass is 329 g/mol. The van der Waals surface area contributed by atoms with Crippen molar-refractivity contribution in [2.75, 3.05) is 0 Å². The number of thiophene rings is 1. The molecule has 0 spiro atoms. The second kappa shape index (κ2) is 6.99. The Morgan fingerprint density at radius 3 is 2.78 bits per heavy atom. The molecule has 0 aromatic carbocycles. The standard InChI is InChI=1S/C16H19N5OS/c1-10-3-4-15(23-10)13-9-14(20-19-13)16(22)21-18-11(2)12-5-7-17-8-6-12/h3-8,13-14,19-20H,9H2,1-2H3,(H,21,22)/b18-11+. The van der Waals surface area contributed by atoms with Crippen molar-refractivity contribution in [2.45, 2.75) is 32.4 Å². The van der Waals surface area contributed by atoms with Gasteiger partial charge in [0.25, 0.3) is 5.91 Å². The van der Waals surface area contributed by atoms with E-state index in [2.05, 4.69) is 45.4 Å². The van der Waals surface area contributed by atoms with Crippen LogP contribution in [0.1, 0.15) is 34.7 Å². The molecule has 0 aliphatic carbocycles. The normalized spacial score (nSPS) is 21.4. The maximum absolute atomic E-state index is 12.2. The van der Waals surface area contributed by atoms with Crippen molar-refractivity contribution in [3.8, 4) is 0 Å². The molecule has 0 saturated carbocycles. The Hall–Kier alpha value is -2.09. The van der Waals surface area contributed by atoms with Crippen LogP contribution in [-0.4, -0.2) is 22.6 Å². The summed E-state index contributed by atoms with van der Waals surface area (Å²) >= 11 is 1.75. The second-order valence-electron chi connectivity index (χ2n) is 5.49. The molecule has 7 heteroatoms. The van der Waals surface area contributed by atoms with Gasteiger partial charge in [-0.3, -0.25) is 9.78 Å². The summed E-state index contributed by atoms with van der Waals surface area (Å²) in [5.74, 6) is -0.137. The van der Waals surface area contributed by atoms with E-state index in [4.69, 9.17) is 0 Å². The van der Waals surface area contributed by atoms with Crippen molar-refractivity contribution in [2.24, 2.45) is 5.10 Å². The van der Waals surface area contributed by atoms with Crippen LogP contribution in [0.2, 0.25) is 0 Å². The third-order valence-electron chi connectivity index (χ3n) is 3.76. The molecule has 2 aromatic rings. The Bertz CT molecular complexity index is 712. The number of hydrogen-bond acceptors (Lipinski definition) is 6. The fourth-order valence-corrected chi connectivity index (χ4v) is 3.37. The first-order valence-corrected chi connectivity index (χ1v) is 8.27. The maximum Gasteiger partial charge on any atom is 0.258 e. The van der Waals surface area contributed by atoms with Gasteiger partial charge in [-0.2, -0.15) is 5.10 Å². The zero-order valence-electron chi connectivity index (χ0n) is 13.0. The van der Waals surface area contributed by atoms with E-state index in [1.165, 1.54) is 9.75 Å². The number of rotatable bonds is 4. The Labute approximate surface area is 139 Å². The highest BCUT2D eigenvalue weighted by molar-refractivity contribution is 7.12. The summed E-state index contributed by atoms with van der Waals surface area (Å²) in [4.78, 5) is 18.7. The van der Waals surface area contributed by atoms with Gasteiger partial charge in [-0.25, -0.2) is 16.3 Å². The first kappa shape index (κ1) is 15.8. The lowest BCUT2D eigenvalue weighted by molar-refractivity contribution is -0.122. The topological polar surface area (TPSA) is 78.4 Å². The fraction of sp³-hybridized carbons (Fsp3) is 0.312. The number of carbonyl (C=O) groups is 1. The summed E-state index contributed by atoms with van der Waals surface area (Å²) < 4.78 is 0. The van der Waals surface area contributed by atoms with Gasteiger partial charge >= 0.3 is 0 Å². The quantitative estimate of drug-likeness (QED) is 0.591. The van der Waals surface area contributed by atoms with Gasteiger partial charge in [0.15, 0.2) is 0 Å². The van der Waals surface area contributed by atoms with Crippen LogP contribution in [0, 0.1) is 6.92 Å². The van der Waals surface area contributed by atoms with Crippen LogP contribution >= 0.6 is 11.3 Å². The van der Waals surface area contributed by atoms with Gasteiger partial charge in [-0.15, -0.1) is 11.3 Å². The van der Waals surface area contributed by atoms with Gasteiger partial charge in [0.2, 0.25) is 0 Å². The van der Waals surface area contributed by atoms with Crippen LogP contribution in [0.15, 0.2) is 41.8 Å². The molecule has 3 rings (SSSR count). The molecular formula is C16H19N5OS. The third-order valence-corrected chi connectivity index (χ3v) is 4.87. The molecule has 1 aliphatic rings. The van der Waals surface area contributed by atoms with E-state index in [1.54, 1.807) is 23.7 Å². The minimum absolute atomic E-state index is 0.137. The van der Waals surface area contributed by atoms with E-state index < -0.39 is 0 Å². The highest BCUT2D eigenvalue weighted by Crippen LogP contribution is 2.28. The molecule has 3 N–H and O–H groups in total. The molecule has 6 nitrogen and oxygen atoms in total. The van der Waals surface area contributed by atoms with Gasteiger partial charge in [0, 0.05) is 27.7 Å². The van der Waals surface area contributed by atoms with Crippen LogP contribution in [0.4, 0.5) is 0 Å². The average Bonchev–Trinajstić information content (AvgIpc) is 3.22. The lowest BCUT2D eigenvalue weighted by atomic mass is 10.1. The number of aromatic nitrogens is 1. The maximum atomic E-state index is 12.2. The van der Waals surface area contributed by atoms with Gasteiger partial charge in [0.05, 0.1) is 11.8 Å². The lowest BCUT2D eigenvalue weighted by Crippen LogP contribution is -2.41. The van der Waals surface area contributed by atoms with Crippen LogP contribution in [0.3, 0.4) is 0 Å². The number of nitrogens with zero attached hydrogens (tertiary/aromatic N) is 2. The second-order valence-corrected chi connectivity index (χ2v) is 6.81. The Kier molecular flexibility index (Phi) is 4.80. The van der Waals surface area contributed by atoms with E-state index in [0.29, 0.717) is 6.42 Å². The molecule has 2 atom stereocenters. The van der Waals surface area contributed by atoms with E-state index >= 15 is 0 Å². The first-order valence-electron chi connectivity index (χ1n) is 7.45. The number of aryl methyl sites for hydroxylation is 1. The zero-order chi connectivity index (χ0) is 16.2. The SMILES string of the molecule is C/C(=N\NC(=O)C1CC(c2ccc(C)s2)NN1)c1ccncc1. The van der Waals surface area contributed by atoms with Crippen molar-refractivity contribution in [1.82, 2.24) is 21.3 Å². The molecular weight excluding hydrogens is 310 g/mol. The number of hydrazine groups is 1. The molecule has 1 aliphatic heterocycles. The molecule has 23 heavy (non-hydrogen) atoms. The minimum atomic E-state index is -0.295. The van der Waals surface area contributed by atoms with Gasteiger partial charge in [-0.05, 0) is 44.5 Å². The number of hydrazone groups is 1. The summed E-state index contributed by atoms with van der Waals surface area (Å²) in [5.41, 5.74) is 10.5. The molecule has 2 unspecified atom stereocenters. The van der Waals surface area contributed by atoms with Crippen LogP contribution in [0.25, 0.3) is 0 Å². The molecule has 1 saturated heterocycles. The van der Waals surface area contributed by atoms with Crippen molar-refractivity contribution in [3.63, 3.8) is 0 Å². The fourth-order valence-electron chi connectivity index (χ4n) is 2.43. The minimum Gasteiger partial charge on any atom is -0.271 e. The van der Waals surface area contributed by atoms with Crippen LogP contribution in [-0.2, 0) is 4.79 Å². The number of amides is 1. The van der Waals surface area contributed by atoms with Crippen molar-refractivity contribution >= 4 is 23.0 Å². The molecule has 1 amide bonds. The largest absolute Gasteiger partial charge is 0.271 e. The van der Waals surface area contributed by atoms with Gasteiger partial charge < -0.3 is 0 Å². The predicted molar refractivity (Wildman–Crippen MR) is 91.1 cm³/mol. The predicted octanol–water partition coefficient (Wildman–Crippen LogP) is 1.90. The molecule has 120 valence electrons. The van der Waals surface area contributed by atoms with Gasteiger partial charge in [-0.1, -0.05) is 0 Å². The summed E-state index contributed by atoms with van der Waals surface area (Å²) in [6, 6.07) is 7.78. The molecule has 0 radical (unpaired) electrons. The highest BCUT2D eigenvalue weighted by atomic mass is 32.1. The van der Waals surface area contributed by atoms with E-state index in [9.17, 15) is 4.79 Å². The molecule has 1 fully saturated rings. The van der Waals surface area contributed by atoms with Crippen molar-refractivity contribution in [1.29, 1.82) is 0 Å². The number of nitrogens with one attached hydrogen (secondary N) is 3. The van der Waals surface area contributed by atoms with E-state index in [-0.39, 0.29) is 18.0 Å². The molecule has 0 bridgehead atoms. The Morgan fingerprint density at radius 1 is 1.30 bits per heavy atom. The van der Waals surface area contributed by atoms with Gasteiger partial charge in [0.1, 0.15) is 6.04 Å². The Balaban J connectivity index is 1.57. The molecule has 3 heterocycles. The summed E-state index contributed by atoms with van der Waals surface area (Å²) in [5, 5.41) is 4.16. The highest BCUT2D eigenvalue weighted by Gasteiger charge is 2.30. The Morgan fingerprint density at radius 2 is 2.09 bits per heavy atom. The van der Waals surface area contributed by atoms with E-state index in [1.807, 2.05) is 19.1 Å². The van der Waals surface area contributed by atoms with Crippen LogP contribution in [0.5, 0.6) is 0 Å². The summed E-state index contributed by atoms with van der Waals surface area (Å²) in [6.45, 7) is 3.94. The number of hydrogen-bond donors (Lipinski definition) is 3. The lowest BCUT2D eigenvalue weighted by Gasteiger charge is -2.08. The average molecular weight is 329 g/mol. The van der Waals surface area contributed by atoms with Crippen molar-refractivity contribution < 1.29 is 4.79 Å². The summed E-state index contributed by atoms with van der Waals surface area (Å²) in [7, 11) is 0. The molecule has 2 aromatic heterocycles. The third kappa shape index (κ3) is 3.82. The van der Waals surface area contributed by atoms with E-state index in [0.717, 1.165) is 11.3 Å². The smallest absolute Gasteiger partial charge is 0.258 e. The number of pyridine rings is 1. The zero-order valence-corrected chi connectivity index (χ0v) is 13.9.